The Hall–Kier alpha value is -1.33. The molecule has 0 bridgehead atoms. The Morgan fingerprint density at radius 3 is 2.74 bits per heavy atom. The molecule has 2 aromatic rings. The number of rotatable bonds is 7. The molecule has 4 rings (SSSR count). The number of aromatic amines is 1. The first kappa shape index (κ1) is 19.0. The molecule has 27 heavy (non-hydrogen) atoms. The molecule has 1 aromatic carbocycles. The summed E-state index contributed by atoms with van der Waals surface area (Å²) >= 11 is 0. The van der Waals surface area contributed by atoms with Gasteiger partial charge in [-0.25, -0.2) is 8.42 Å². The zero-order valence-corrected chi connectivity index (χ0v) is 17.2. The van der Waals surface area contributed by atoms with Crippen LogP contribution in [0.4, 0.5) is 0 Å². The van der Waals surface area contributed by atoms with Crippen molar-refractivity contribution in [2.75, 3.05) is 18.1 Å². The molecule has 2 fully saturated rings. The van der Waals surface area contributed by atoms with Gasteiger partial charge in [-0.05, 0) is 68.3 Å². The number of H-pyrrole nitrogens is 1. The topological polar surface area (TPSA) is 53.2 Å². The highest BCUT2D eigenvalue weighted by atomic mass is 32.2. The molecule has 1 saturated heterocycles. The molecule has 0 unspecified atom stereocenters. The molecule has 0 amide bonds. The van der Waals surface area contributed by atoms with E-state index in [-0.39, 0.29) is 11.5 Å². The van der Waals surface area contributed by atoms with E-state index in [1.165, 1.54) is 56.0 Å². The van der Waals surface area contributed by atoms with Crippen molar-refractivity contribution in [3.63, 3.8) is 0 Å². The molecule has 1 aromatic heterocycles. The number of aryl methyl sites for hydroxylation is 1. The molecule has 1 atom stereocenters. The number of aromatic nitrogens is 1. The third-order valence-corrected chi connectivity index (χ3v) is 8.35. The van der Waals surface area contributed by atoms with Crippen LogP contribution in [0.3, 0.4) is 0 Å². The van der Waals surface area contributed by atoms with Crippen molar-refractivity contribution in [2.45, 2.75) is 70.4 Å². The number of nitrogens with zero attached hydrogens (tertiary/aromatic N) is 1. The van der Waals surface area contributed by atoms with Gasteiger partial charge in [-0.2, -0.15) is 0 Å². The summed E-state index contributed by atoms with van der Waals surface area (Å²) in [6, 6.07) is 7.85. The second-order valence-electron chi connectivity index (χ2n) is 8.36. The zero-order valence-electron chi connectivity index (χ0n) is 16.4. The zero-order chi connectivity index (χ0) is 18.9. The second-order valence-corrected chi connectivity index (χ2v) is 10.8. The fourth-order valence-electron chi connectivity index (χ4n) is 5.02. The van der Waals surface area contributed by atoms with E-state index in [1.807, 2.05) is 0 Å². The van der Waals surface area contributed by atoms with Gasteiger partial charge in [0.25, 0.3) is 0 Å². The highest BCUT2D eigenvalue weighted by molar-refractivity contribution is 7.91. The lowest BCUT2D eigenvalue weighted by Crippen LogP contribution is -2.38. The number of hydrogen-bond acceptors (Lipinski definition) is 3. The van der Waals surface area contributed by atoms with Gasteiger partial charge in [0.2, 0.25) is 0 Å². The minimum Gasteiger partial charge on any atom is -0.361 e. The fourth-order valence-corrected chi connectivity index (χ4v) is 5.85. The van der Waals surface area contributed by atoms with Crippen molar-refractivity contribution in [1.29, 1.82) is 0 Å². The van der Waals surface area contributed by atoms with Gasteiger partial charge in [-0.15, -0.1) is 0 Å². The predicted octanol–water partition coefficient (Wildman–Crippen LogP) is 4.09. The number of sulfone groups is 1. The number of likely N-dealkylation sites (tertiary alicyclic amines) is 1. The Morgan fingerprint density at radius 2 is 1.96 bits per heavy atom. The number of nitrogens with one attached hydrogen (secondary N) is 1. The van der Waals surface area contributed by atoms with Gasteiger partial charge >= 0.3 is 0 Å². The molecule has 4 nitrogen and oxygen atoms in total. The van der Waals surface area contributed by atoms with Crippen molar-refractivity contribution >= 4 is 20.7 Å². The van der Waals surface area contributed by atoms with E-state index in [0.717, 1.165) is 23.5 Å². The predicted molar refractivity (Wildman–Crippen MR) is 112 cm³/mol. The third kappa shape index (κ3) is 4.24. The Bertz CT molecular complexity index is 881. The smallest absolute Gasteiger partial charge is 0.150 e. The van der Waals surface area contributed by atoms with Gasteiger partial charge in [0, 0.05) is 34.9 Å². The van der Waals surface area contributed by atoms with Crippen LogP contribution in [-0.4, -0.2) is 48.4 Å². The van der Waals surface area contributed by atoms with E-state index in [4.69, 9.17) is 0 Å². The Labute approximate surface area is 163 Å². The lowest BCUT2D eigenvalue weighted by atomic mass is 10.0. The van der Waals surface area contributed by atoms with E-state index in [0.29, 0.717) is 12.5 Å². The first-order valence-electron chi connectivity index (χ1n) is 10.6. The molecule has 2 heterocycles. The van der Waals surface area contributed by atoms with E-state index >= 15 is 0 Å². The largest absolute Gasteiger partial charge is 0.361 e. The number of fused-ring (bicyclic) bond motifs is 1. The molecule has 5 heteroatoms. The van der Waals surface area contributed by atoms with Crippen molar-refractivity contribution in [1.82, 2.24) is 9.88 Å². The summed E-state index contributed by atoms with van der Waals surface area (Å²) in [5, 5.41) is 1.28. The molecule has 0 radical (unpaired) electrons. The molecule has 2 aliphatic rings. The fraction of sp³-hybridized carbons (Fsp3) is 0.636. The van der Waals surface area contributed by atoms with Crippen molar-refractivity contribution in [2.24, 2.45) is 0 Å². The van der Waals surface area contributed by atoms with Gasteiger partial charge in [0.05, 0.1) is 5.75 Å². The second kappa shape index (κ2) is 7.96. The van der Waals surface area contributed by atoms with Crippen LogP contribution < -0.4 is 0 Å². The van der Waals surface area contributed by atoms with Gasteiger partial charge in [0.15, 0.2) is 0 Å². The summed E-state index contributed by atoms with van der Waals surface area (Å²) in [7, 11) is -2.92. The van der Waals surface area contributed by atoms with Crippen LogP contribution in [0.2, 0.25) is 0 Å². The average Bonchev–Trinajstić information content (AvgIpc) is 3.41. The molecule has 1 aliphatic heterocycles. The van der Waals surface area contributed by atoms with E-state index in [9.17, 15) is 8.42 Å². The first-order chi connectivity index (χ1) is 13.1. The Kier molecular flexibility index (Phi) is 5.60. The van der Waals surface area contributed by atoms with Crippen LogP contribution in [0.1, 0.15) is 56.6 Å². The maximum Gasteiger partial charge on any atom is 0.150 e. The van der Waals surface area contributed by atoms with Crippen LogP contribution in [0, 0.1) is 0 Å². The van der Waals surface area contributed by atoms with Crippen LogP contribution in [0.25, 0.3) is 10.9 Å². The number of hydrogen-bond donors (Lipinski definition) is 1. The van der Waals surface area contributed by atoms with E-state index in [2.05, 4.69) is 34.3 Å². The summed E-state index contributed by atoms with van der Waals surface area (Å²) in [6.07, 6.45) is 12.0. The quantitative estimate of drug-likeness (QED) is 0.777. The highest BCUT2D eigenvalue weighted by Gasteiger charge is 2.32. The first-order valence-corrected chi connectivity index (χ1v) is 12.4. The van der Waals surface area contributed by atoms with Gasteiger partial charge < -0.3 is 4.98 Å². The minimum absolute atomic E-state index is 0.226. The molecule has 0 spiro atoms. The average molecular weight is 389 g/mol. The lowest BCUT2D eigenvalue weighted by Gasteiger charge is -2.30. The molecular formula is C22H32N2O2S. The van der Waals surface area contributed by atoms with E-state index in [1.54, 1.807) is 6.92 Å². The maximum atomic E-state index is 11.8. The van der Waals surface area contributed by atoms with Crippen molar-refractivity contribution < 1.29 is 8.42 Å². The summed E-state index contributed by atoms with van der Waals surface area (Å²) in [4.78, 5) is 6.20. The Balaban J connectivity index is 1.50. The maximum absolute atomic E-state index is 11.8. The van der Waals surface area contributed by atoms with Crippen molar-refractivity contribution in [3.05, 3.63) is 35.5 Å². The molecular weight excluding hydrogens is 356 g/mol. The van der Waals surface area contributed by atoms with Crippen LogP contribution in [0.5, 0.6) is 0 Å². The highest BCUT2D eigenvalue weighted by Crippen LogP contribution is 2.32. The standard InChI is InChI=1S/C22H32N2O2S/c1-2-27(25,26)13-11-17-9-10-22-21(14-17)18(16-23-22)15-20-8-5-12-24(20)19-6-3-4-7-19/h9-10,14,16,19-20,23H,2-8,11-13,15H2,1H3/t20-/m1/s1. The van der Waals surface area contributed by atoms with Crippen LogP contribution >= 0.6 is 0 Å². The summed E-state index contributed by atoms with van der Waals surface area (Å²) in [5.41, 5.74) is 3.68. The van der Waals surface area contributed by atoms with Gasteiger partial charge in [-0.1, -0.05) is 25.8 Å². The monoisotopic (exact) mass is 388 g/mol. The SMILES string of the molecule is CCS(=O)(=O)CCc1ccc2[nH]cc(C[C@H]3CCCN3C3CCCC3)c2c1. The number of benzene rings is 1. The van der Waals surface area contributed by atoms with Gasteiger partial charge in [0.1, 0.15) is 9.84 Å². The summed E-state index contributed by atoms with van der Waals surface area (Å²) in [6.45, 7) is 2.98. The molecule has 1 aliphatic carbocycles. The lowest BCUT2D eigenvalue weighted by molar-refractivity contribution is 0.181. The third-order valence-electron chi connectivity index (χ3n) is 6.65. The van der Waals surface area contributed by atoms with Crippen molar-refractivity contribution in [3.8, 4) is 0 Å². The summed E-state index contributed by atoms with van der Waals surface area (Å²) < 4.78 is 23.7. The Morgan fingerprint density at radius 1 is 1.15 bits per heavy atom. The molecule has 1 N–H and O–H groups in total. The van der Waals surface area contributed by atoms with Gasteiger partial charge in [-0.3, -0.25) is 4.90 Å². The molecule has 148 valence electrons. The molecule has 1 saturated carbocycles. The normalized spacial score (nSPS) is 22.2. The minimum atomic E-state index is -2.92. The van der Waals surface area contributed by atoms with Crippen LogP contribution in [-0.2, 0) is 22.7 Å². The van der Waals surface area contributed by atoms with Crippen LogP contribution in [0.15, 0.2) is 24.4 Å². The van der Waals surface area contributed by atoms with E-state index < -0.39 is 9.84 Å². The summed E-state index contributed by atoms with van der Waals surface area (Å²) in [5.74, 6) is 0.468.